The third-order valence-electron chi connectivity index (χ3n) is 4.17. The van der Waals surface area contributed by atoms with Crippen LogP contribution in [0.3, 0.4) is 0 Å². The number of imidazole rings is 1. The van der Waals surface area contributed by atoms with E-state index in [0.29, 0.717) is 10.7 Å². The molecule has 0 fully saturated rings. The summed E-state index contributed by atoms with van der Waals surface area (Å²) in [6.07, 6.45) is 4.04. The van der Waals surface area contributed by atoms with E-state index in [0.717, 1.165) is 12.1 Å². The lowest BCUT2D eigenvalue weighted by Gasteiger charge is -2.14. The third-order valence-corrected chi connectivity index (χ3v) is 4.45. The summed E-state index contributed by atoms with van der Waals surface area (Å²) in [6, 6.07) is 8.33. The van der Waals surface area contributed by atoms with Gasteiger partial charge in [-0.05, 0) is 17.5 Å². The van der Waals surface area contributed by atoms with Crippen LogP contribution in [0.1, 0.15) is 29.5 Å². The Morgan fingerprint density at radius 2 is 2.00 bits per heavy atom. The zero-order valence-electron chi connectivity index (χ0n) is 11.1. The summed E-state index contributed by atoms with van der Waals surface area (Å²) < 4.78 is 2.03. The van der Waals surface area contributed by atoms with Crippen LogP contribution >= 0.6 is 11.6 Å². The first-order chi connectivity index (χ1) is 10.3. The number of halogens is 1. The van der Waals surface area contributed by atoms with E-state index in [1.807, 2.05) is 16.7 Å². The van der Waals surface area contributed by atoms with Crippen molar-refractivity contribution in [2.24, 2.45) is 0 Å². The molecule has 0 radical (unpaired) electrons. The number of aliphatic hydroxyl groups is 1. The van der Waals surface area contributed by atoms with Gasteiger partial charge in [-0.25, -0.2) is 15.0 Å². The van der Waals surface area contributed by atoms with Gasteiger partial charge in [0.2, 0.25) is 0 Å². The summed E-state index contributed by atoms with van der Waals surface area (Å²) in [5, 5.41) is 9.98. The Morgan fingerprint density at radius 1 is 1.19 bits per heavy atom. The summed E-state index contributed by atoms with van der Waals surface area (Å²) in [4.78, 5) is 12.6. The van der Waals surface area contributed by atoms with E-state index in [9.17, 15) is 5.11 Å². The first-order valence-corrected chi connectivity index (χ1v) is 7.20. The van der Waals surface area contributed by atoms with Crippen LogP contribution < -0.4 is 0 Å². The van der Waals surface area contributed by atoms with Gasteiger partial charge in [-0.3, -0.25) is 0 Å². The molecule has 5 nitrogen and oxygen atoms in total. The molecule has 1 N–H and O–H groups in total. The molecule has 0 bridgehead atoms. The minimum Gasteiger partial charge on any atom is -0.396 e. The molecule has 6 heteroatoms. The maximum atomic E-state index is 9.61. The molecule has 0 saturated carbocycles. The maximum Gasteiger partial charge on any atom is 0.165 e. The molecule has 0 spiro atoms. The Hall–Kier alpha value is -1.98. The van der Waals surface area contributed by atoms with E-state index in [2.05, 4.69) is 27.1 Å². The van der Waals surface area contributed by atoms with Gasteiger partial charge in [0.15, 0.2) is 10.8 Å². The summed E-state index contributed by atoms with van der Waals surface area (Å²) in [6.45, 7) is 0.149. The molecule has 4 rings (SSSR count). The van der Waals surface area contributed by atoms with Crippen molar-refractivity contribution < 1.29 is 5.11 Å². The average Bonchev–Trinajstić information content (AvgIpc) is 3.09. The lowest BCUT2D eigenvalue weighted by Crippen LogP contribution is -2.08. The molecule has 2 aromatic heterocycles. The zero-order valence-corrected chi connectivity index (χ0v) is 11.9. The van der Waals surface area contributed by atoms with Gasteiger partial charge in [-0.1, -0.05) is 35.9 Å². The van der Waals surface area contributed by atoms with E-state index >= 15 is 0 Å². The highest BCUT2D eigenvalue weighted by molar-refractivity contribution is 6.33. The van der Waals surface area contributed by atoms with Crippen LogP contribution in [0.15, 0.2) is 36.9 Å². The van der Waals surface area contributed by atoms with Gasteiger partial charge in [0, 0.05) is 5.92 Å². The second-order valence-corrected chi connectivity index (χ2v) is 5.61. The SMILES string of the molecule is OC[C@H]1C[C@@H](n2cnc3c(Cl)ncnc32)c2ccccc21. The van der Waals surface area contributed by atoms with Crippen LogP contribution in [0.2, 0.25) is 5.15 Å². The molecule has 3 aromatic rings. The molecule has 0 amide bonds. The highest BCUT2D eigenvalue weighted by Crippen LogP contribution is 2.43. The summed E-state index contributed by atoms with van der Waals surface area (Å²) >= 11 is 6.07. The second-order valence-electron chi connectivity index (χ2n) is 5.25. The summed E-state index contributed by atoms with van der Waals surface area (Å²) in [5.74, 6) is 0.154. The molecule has 2 heterocycles. The minimum absolute atomic E-state index is 0.120. The lowest BCUT2D eigenvalue weighted by atomic mass is 10.0. The molecule has 106 valence electrons. The van der Waals surface area contributed by atoms with Crippen LogP contribution in [0.5, 0.6) is 0 Å². The van der Waals surface area contributed by atoms with E-state index < -0.39 is 0 Å². The monoisotopic (exact) mass is 300 g/mol. The number of fused-ring (bicyclic) bond motifs is 2. The van der Waals surface area contributed by atoms with Crippen molar-refractivity contribution in [2.45, 2.75) is 18.4 Å². The van der Waals surface area contributed by atoms with Crippen molar-refractivity contribution >= 4 is 22.8 Å². The number of aromatic nitrogens is 4. The summed E-state index contributed by atoms with van der Waals surface area (Å²) in [7, 11) is 0. The van der Waals surface area contributed by atoms with Gasteiger partial charge in [-0.2, -0.15) is 0 Å². The number of aliphatic hydroxyl groups excluding tert-OH is 1. The molecule has 1 aliphatic carbocycles. The Kier molecular flexibility index (Phi) is 2.90. The normalized spacial score (nSPS) is 20.9. The van der Waals surface area contributed by atoms with Gasteiger partial charge in [0.1, 0.15) is 11.8 Å². The largest absolute Gasteiger partial charge is 0.396 e. The number of hydrogen-bond acceptors (Lipinski definition) is 4. The van der Waals surface area contributed by atoms with Crippen molar-refractivity contribution in [3.05, 3.63) is 53.2 Å². The van der Waals surface area contributed by atoms with Gasteiger partial charge >= 0.3 is 0 Å². The molecular weight excluding hydrogens is 288 g/mol. The highest BCUT2D eigenvalue weighted by Gasteiger charge is 2.32. The van der Waals surface area contributed by atoms with Gasteiger partial charge in [0.05, 0.1) is 19.0 Å². The fourth-order valence-corrected chi connectivity index (χ4v) is 3.37. The predicted octanol–water partition coefficient (Wildman–Crippen LogP) is 2.55. The second kappa shape index (κ2) is 4.79. The molecule has 2 atom stereocenters. The van der Waals surface area contributed by atoms with Crippen molar-refractivity contribution in [3.8, 4) is 0 Å². The Morgan fingerprint density at radius 3 is 2.81 bits per heavy atom. The fourth-order valence-electron chi connectivity index (χ4n) is 3.20. The molecular formula is C15H13ClN4O. The first kappa shape index (κ1) is 12.7. The van der Waals surface area contributed by atoms with Gasteiger partial charge < -0.3 is 9.67 Å². The van der Waals surface area contributed by atoms with E-state index in [-0.39, 0.29) is 18.6 Å². The fraction of sp³-hybridized carbons (Fsp3) is 0.267. The zero-order chi connectivity index (χ0) is 14.4. The third kappa shape index (κ3) is 1.85. The number of nitrogens with zero attached hydrogens (tertiary/aromatic N) is 4. The van der Waals surface area contributed by atoms with Crippen molar-refractivity contribution in [3.63, 3.8) is 0 Å². The van der Waals surface area contributed by atoms with Crippen molar-refractivity contribution in [2.75, 3.05) is 6.61 Å². The smallest absolute Gasteiger partial charge is 0.165 e. The Labute approximate surface area is 126 Å². The molecule has 0 unspecified atom stereocenters. The minimum atomic E-state index is 0.120. The topological polar surface area (TPSA) is 63.8 Å². The molecule has 0 aliphatic heterocycles. The average molecular weight is 301 g/mol. The molecule has 1 aromatic carbocycles. The predicted molar refractivity (Wildman–Crippen MR) is 79.4 cm³/mol. The van der Waals surface area contributed by atoms with E-state index in [1.54, 1.807) is 6.33 Å². The standard InChI is InChI=1S/C15H13ClN4O/c16-14-13-15(18-7-17-14)20(8-19-13)12-5-9(6-21)10-3-1-2-4-11(10)12/h1-4,7-9,12,21H,5-6H2/t9-,12-/m1/s1. The van der Waals surface area contributed by atoms with Crippen LogP contribution in [0, 0.1) is 0 Å². The van der Waals surface area contributed by atoms with Crippen molar-refractivity contribution in [1.82, 2.24) is 19.5 Å². The quantitative estimate of drug-likeness (QED) is 0.739. The molecule has 0 saturated heterocycles. The summed E-state index contributed by atoms with van der Waals surface area (Å²) in [5.41, 5.74) is 3.76. The van der Waals surface area contributed by atoms with E-state index in [1.165, 1.54) is 17.5 Å². The maximum absolute atomic E-state index is 9.61. The number of benzene rings is 1. The first-order valence-electron chi connectivity index (χ1n) is 6.82. The number of hydrogen-bond donors (Lipinski definition) is 1. The van der Waals surface area contributed by atoms with Crippen LogP contribution in [0.4, 0.5) is 0 Å². The van der Waals surface area contributed by atoms with Crippen molar-refractivity contribution in [1.29, 1.82) is 0 Å². The van der Waals surface area contributed by atoms with E-state index in [4.69, 9.17) is 11.6 Å². The molecule has 21 heavy (non-hydrogen) atoms. The van der Waals surface area contributed by atoms with Crippen LogP contribution in [-0.4, -0.2) is 31.2 Å². The van der Waals surface area contributed by atoms with Gasteiger partial charge in [0.25, 0.3) is 0 Å². The molecule has 1 aliphatic rings. The van der Waals surface area contributed by atoms with Crippen LogP contribution in [0.25, 0.3) is 11.2 Å². The lowest BCUT2D eigenvalue weighted by molar-refractivity contribution is 0.259. The highest BCUT2D eigenvalue weighted by atomic mass is 35.5. The Bertz CT molecular complexity index is 816. The van der Waals surface area contributed by atoms with Gasteiger partial charge in [-0.15, -0.1) is 0 Å². The Balaban J connectivity index is 1.89. The van der Waals surface area contributed by atoms with Crippen LogP contribution in [-0.2, 0) is 0 Å². The number of rotatable bonds is 2.